The number of allylic oxidation sites excluding steroid dienone is 2. The van der Waals surface area contributed by atoms with Crippen LogP contribution < -0.4 is 14.8 Å². The number of methoxy groups -OCH3 is 2. The molecule has 2 aliphatic rings. The first kappa shape index (κ1) is 21.0. The van der Waals surface area contributed by atoms with Crippen molar-refractivity contribution >= 4 is 34.2 Å². The highest BCUT2D eigenvalue weighted by Gasteiger charge is 2.46. The standard InChI is InChI=1S/C22H23N3O5S/c1-29-17-8-7-13(11-18(17)30-2)16-12-31-22(23-16)24-19(26)9-10-25-20(27)14-5-3-4-6-15(14)21(25)28/h3-4,7-8,11-12,14-15H,5-6,9-10H2,1-2H3,(H,23,24,26)/t14-,15-/m0/s1. The number of hydrogen-bond acceptors (Lipinski definition) is 7. The fraction of sp³-hybridized carbons (Fsp3) is 0.364. The molecule has 1 N–H and O–H groups in total. The molecule has 0 unspecified atom stereocenters. The van der Waals surface area contributed by atoms with Crippen LogP contribution in [0.1, 0.15) is 19.3 Å². The van der Waals surface area contributed by atoms with E-state index in [0.717, 1.165) is 5.56 Å². The third kappa shape index (κ3) is 4.18. The normalized spacial score (nSPS) is 20.0. The van der Waals surface area contributed by atoms with Gasteiger partial charge in [0.1, 0.15) is 0 Å². The third-order valence-corrected chi connectivity index (χ3v) is 6.35. The number of carbonyl (C=O) groups excluding carboxylic acids is 3. The molecule has 2 aromatic rings. The first-order chi connectivity index (χ1) is 15.0. The molecule has 1 aliphatic heterocycles. The maximum atomic E-state index is 12.5. The largest absolute Gasteiger partial charge is 0.493 e. The van der Waals surface area contributed by atoms with Crippen LogP contribution in [0.2, 0.25) is 0 Å². The number of likely N-dealkylation sites (tertiary alicyclic amines) is 1. The van der Waals surface area contributed by atoms with E-state index in [-0.39, 0.29) is 42.5 Å². The SMILES string of the molecule is COc1ccc(-c2csc(NC(=O)CCN3C(=O)[C@H]4CC=CC[C@@H]4C3=O)n2)cc1OC. The molecule has 162 valence electrons. The summed E-state index contributed by atoms with van der Waals surface area (Å²) in [5.41, 5.74) is 1.53. The van der Waals surface area contributed by atoms with Gasteiger partial charge in [0.05, 0.1) is 31.7 Å². The zero-order valence-corrected chi connectivity index (χ0v) is 18.1. The number of rotatable bonds is 7. The fourth-order valence-corrected chi connectivity index (χ4v) is 4.68. The van der Waals surface area contributed by atoms with E-state index < -0.39 is 0 Å². The summed E-state index contributed by atoms with van der Waals surface area (Å²) in [7, 11) is 3.14. The highest BCUT2D eigenvalue weighted by Crippen LogP contribution is 2.35. The zero-order valence-electron chi connectivity index (χ0n) is 17.3. The van der Waals surface area contributed by atoms with Gasteiger partial charge in [-0.1, -0.05) is 12.2 Å². The second-order valence-corrected chi connectivity index (χ2v) is 8.25. The van der Waals surface area contributed by atoms with E-state index in [1.807, 2.05) is 29.7 Å². The quantitative estimate of drug-likeness (QED) is 0.524. The van der Waals surface area contributed by atoms with Crippen molar-refractivity contribution in [3.63, 3.8) is 0 Å². The van der Waals surface area contributed by atoms with Crippen molar-refractivity contribution in [2.24, 2.45) is 11.8 Å². The second kappa shape index (κ2) is 8.89. The summed E-state index contributed by atoms with van der Waals surface area (Å²) in [5.74, 6) is 0.0363. The lowest BCUT2D eigenvalue weighted by molar-refractivity contribution is -0.140. The Morgan fingerprint density at radius 1 is 1.13 bits per heavy atom. The van der Waals surface area contributed by atoms with Gasteiger partial charge < -0.3 is 14.8 Å². The summed E-state index contributed by atoms with van der Waals surface area (Å²) in [6, 6.07) is 5.47. The lowest BCUT2D eigenvalue weighted by atomic mass is 9.85. The van der Waals surface area contributed by atoms with Gasteiger partial charge in [-0.3, -0.25) is 19.3 Å². The average molecular weight is 442 g/mol. The number of aromatic nitrogens is 1. The summed E-state index contributed by atoms with van der Waals surface area (Å²) in [6.07, 6.45) is 5.11. The highest BCUT2D eigenvalue weighted by molar-refractivity contribution is 7.14. The van der Waals surface area contributed by atoms with Crippen LogP contribution in [0.5, 0.6) is 11.5 Å². The molecule has 1 aromatic carbocycles. The van der Waals surface area contributed by atoms with Crippen LogP contribution in [-0.2, 0) is 14.4 Å². The molecule has 1 saturated heterocycles. The Morgan fingerprint density at radius 2 is 1.81 bits per heavy atom. The molecule has 0 saturated carbocycles. The van der Waals surface area contributed by atoms with E-state index in [2.05, 4.69) is 10.3 Å². The van der Waals surface area contributed by atoms with Gasteiger partial charge in [-0.25, -0.2) is 4.98 Å². The molecule has 2 heterocycles. The van der Waals surface area contributed by atoms with Crippen molar-refractivity contribution in [1.29, 1.82) is 0 Å². The molecule has 0 radical (unpaired) electrons. The van der Waals surface area contributed by atoms with Crippen molar-refractivity contribution in [3.05, 3.63) is 35.7 Å². The average Bonchev–Trinajstić information content (AvgIpc) is 3.35. The van der Waals surface area contributed by atoms with Gasteiger partial charge in [0.25, 0.3) is 0 Å². The number of imide groups is 1. The smallest absolute Gasteiger partial charge is 0.233 e. The molecule has 4 rings (SSSR count). The van der Waals surface area contributed by atoms with Crippen molar-refractivity contribution in [2.45, 2.75) is 19.3 Å². The number of thiazole rings is 1. The molecule has 8 nitrogen and oxygen atoms in total. The molecule has 0 bridgehead atoms. The second-order valence-electron chi connectivity index (χ2n) is 7.39. The number of fused-ring (bicyclic) bond motifs is 1. The Labute approximate surface area is 183 Å². The lowest BCUT2D eigenvalue weighted by Gasteiger charge is -2.14. The topological polar surface area (TPSA) is 97.8 Å². The number of anilines is 1. The van der Waals surface area contributed by atoms with Gasteiger partial charge in [0.15, 0.2) is 16.6 Å². The van der Waals surface area contributed by atoms with Crippen LogP contribution in [0.25, 0.3) is 11.3 Å². The number of carbonyl (C=O) groups is 3. The van der Waals surface area contributed by atoms with E-state index in [9.17, 15) is 14.4 Å². The summed E-state index contributed by atoms with van der Waals surface area (Å²) in [5, 5.41) is 5.04. The highest BCUT2D eigenvalue weighted by atomic mass is 32.1. The van der Waals surface area contributed by atoms with Crippen LogP contribution in [0, 0.1) is 11.8 Å². The van der Waals surface area contributed by atoms with E-state index in [4.69, 9.17) is 9.47 Å². The van der Waals surface area contributed by atoms with E-state index >= 15 is 0 Å². The molecular weight excluding hydrogens is 418 g/mol. The Morgan fingerprint density at radius 3 is 2.45 bits per heavy atom. The Kier molecular flexibility index (Phi) is 6.03. The van der Waals surface area contributed by atoms with Gasteiger partial charge in [-0.2, -0.15) is 0 Å². The van der Waals surface area contributed by atoms with Crippen LogP contribution in [0.3, 0.4) is 0 Å². The van der Waals surface area contributed by atoms with Crippen LogP contribution in [-0.4, -0.2) is 48.4 Å². The Bertz CT molecular complexity index is 1020. The van der Waals surface area contributed by atoms with Crippen molar-refractivity contribution in [2.75, 3.05) is 26.1 Å². The number of nitrogens with one attached hydrogen (secondary N) is 1. The fourth-order valence-electron chi connectivity index (χ4n) is 3.94. The zero-order chi connectivity index (χ0) is 22.0. The lowest BCUT2D eigenvalue weighted by Crippen LogP contribution is -2.34. The van der Waals surface area contributed by atoms with Crippen LogP contribution in [0.4, 0.5) is 5.13 Å². The van der Waals surface area contributed by atoms with Gasteiger partial charge >= 0.3 is 0 Å². The van der Waals surface area contributed by atoms with Gasteiger partial charge in [-0.15, -0.1) is 11.3 Å². The minimum Gasteiger partial charge on any atom is -0.493 e. The predicted molar refractivity (Wildman–Crippen MR) is 116 cm³/mol. The minimum atomic E-state index is -0.290. The van der Waals surface area contributed by atoms with Crippen molar-refractivity contribution in [3.8, 4) is 22.8 Å². The monoisotopic (exact) mass is 441 g/mol. The molecule has 0 spiro atoms. The molecule has 31 heavy (non-hydrogen) atoms. The number of amides is 3. The predicted octanol–water partition coefficient (Wildman–Crippen LogP) is 3.11. The van der Waals surface area contributed by atoms with Crippen LogP contribution >= 0.6 is 11.3 Å². The molecular formula is C22H23N3O5S. The van der Waals surface area contributed by atoms with Crippen molar-refractivity contribution < 1.29 is 23.9 Å². The summed E-state index contributed by atoms with van der Waals surface area (Å²) in [4.78, 5) is 43.1. The third-order valence-electron chi connectivity index (χ3n) is 5.59. The molecule has 1 fully saturated rings. The Hall–Kier alpha value is -3.20. The molecule has 9 heteroatoms. The van der Waals surface area contributed by atoms with Gasteiger partial charge in [-0.05, 0) is 31.0 Å². The van der Waals surface area contributed by atoms with Crippen molar-refractivity contribution in [1.82, 2.24) is 9.88 Å². The molecule has 1 aromatic heterocycles. The van der Waals surface area contributed by atoms with Gasteiger partial charge in [0, 0.05) is 23.9 Å². The number of ether oxygens (including phenoxy) is 2. The first-order valence-electron chi connectivity index (χ1n) is 9.99. The number of nitrogens with zero attached hydrogens (tertiary/aromatic N) is 2. The maximum Gasteiger partial charge on any atom is 0.233 e. The molecule has 1 aliphatic carbocycles. The minimum absolute atomic E-state index is 0.0373. The Balaban J connectivity index is 1.35. The summed E-state index contributed by atoms with van der Waals surface area (Å²) >= 11 is 1.30. The molecule has 2 atom stereocenters. The first-order valence-corrected chi connectivity index (χ1v) is 10.9. The number of hydrogen-bond donors (Lipinski definition) is 1. The van der Waals surface area contributed by atoms with E-state index in [0.29, 0.717) is 35.2 Å². The molecule has 3 amide bonds. The number of benzene rings is 1. The van der Waals surface area contributed by atoms with Crippen LogP contribution in [0.15, 0.2) is 35.7 Å². The van der Waals surface area contributed by atoms with Gasteiger partial charge in [0.2, 0.25) is 17.7 Å². The van der Waals surface area contributed by atoms with E-state index in [1.54, 1.807) is 20.3 Å². The summed E-state index contributed by atoms with van der Waals surface area (Å²) < 4.78 is 10.6. The summed E-state index contributed by atoms with van der Waals surface area (Å²) in [6.45, 7) is 0.0877. The maximum absolute atomic E-state index is 12.5. The van der Waals surface area contributed by atoms with E-state index in [1.165, 1.54) is 16.2 Å².